The van der Waals surface area contributed by atoms with E-state index in [9.17, 15) is 4.79 Å². The van der Waals surface area contributed by atoms with Crippen molar-refractivity contribution in [2.45, 2.75) is 19.9 Å². The van der Waals surface area contributed by atoms with Crippen LogP contribution in [0.4, 0.5) is 4.79 Å². The fraction of sp³-hybridized carbons (Fsp3) is 0.357. The van der Waals surface area contributed by atoms with E-state index in [0.717, 1.165) is 24.2 Å². The number of carbonyl (C=O) groups excluding carboxylic acids is 1. The number of aromatic nitrogens is 1. The summed E-state index contributed by atoms with van der Waals surface area (Å²) in [5, 5.41) is 1.27. The highest BCUT2D eigenvalue weighted by molar-refractivity contribution is 5.85. The fourth-order valence-electron chi connectivity index (χ4n) is 2.56. The number of carbonyl (C=O) groups is 1. The van der Waals surface area contributed by atoms with Gasteiger partial charge in [0.05, 0.1) is 13.2 Å². The summed E-state index contributed by atoms with van der Waals surface area (Å²) in [5.74, 6) is 0. The van der Waals surface area contributed by atoms with Gasteiger partial charge in [0.15, 0.2) is 0 Å². The number of para-hydroxylation sites is 1. The normalized spacial score (nSPS) is 14.6. The van der Waals surface area contributed by atoms with Gasteiger partial charge >= 0.3 is 6.09 Å². The molecule has 3 rings (SSSR count). The van der Waals surface area contributed by atoms with Gasteiger partial charge in [-0.05, 0) is 25.0 Å². The van der Waals surface area contributed by atoms with Gasteiger partial charge in [-0.1, -0.05) is 18.2 Å². The summed E-state index contributed by atoms with van der Waals surface area (Å²) in [6.07, 6.45) is 0.667. The van der Waals surface area contributed by atoms with Gasteiger partial charge in [0.25, 0.3) is 0 Å². The van der Waals surface area contributed by atoms with Crippen molar-refractivity contribution < 1.29 is 9.53 Å². The van der Waals surface area contributed by atoms with E-state index in [2.05, 4.69) is 17.1 Å². The van der Waals surface area contributed by atoms with Crippen LogP contribution in [-0.2, 0) is 17.7 Å². The molecule has 1 aliphatic heterocycles. The lowest BCUT2D eigenvalue weighted by atomic mass is 10.0. The summed E-state index contributed by atoms with van der Waals surface area (Å²) in [7, 11) is 0. The molecule has 0 fully saturated rings. The van der Waals surface area contributed by atoms with Crippen LogP contribution in [0, 0.1) is 0 Å². The summed E-state index contributed by atoms with van der Waals surface area (Å²) in [5.41, 5.74) is 3.62. The van der Waals surface area contributed by atoms with Crippen molar-refractivity contribution in [3.63, 3.8) is 0 Å². The Morgan fingerprint density at radius 3 is 3.11 bits per heavy atom. The number of hydrogen-bond donors (Lipinski definition) is 1. The van der Waals surface area contributed by atoms with E-state index in [1.165, 1.54) is 10.9 Å². The maximum atomic E-state index is 11.7. The average Bonchev–Trinajstić information content (AvgIpc) is 2.76. The van der Waals surface area contributed by atoms with Crippen LogP contribution in [0.2, 0.25) is 0 Å². The molecule has 0 radical (unpaired) electrons. The first kappa shape index (κ1) is 11.1. The van der Waals surface area contributed by atoms with Crippen LogP contribution in [0.1, 0.15) is 18.2 Å². The number of ether oxygens (including phenoxy) is 1. The molecule has 94 valence electrons. The molecule has 1 aromatic heterocycles. The number of rotatable bonds is 1. The molecule has 18 heavy (non-hydrogen) atoms. The van der Waals surface area contributed by atoms with Gasteiger partial charge in [-0.3, -0.25) is 0 Å². The number of benzene rings is 1. The Kier molecular flexibility index (Phi) is 2.70. The van der Waals surface area contributed by atoms with Gasteiger partial charge in [0.1, 0.15) is 0 Å². The van der Waals surface area contributed by atoms with Gasteiger partial charge in [0, 0.05) is 23.1 Å². The molecule has 1 N–H and O–H groups in total. The summed E-state index contributed by atoms with van der Waals surface area (Å²) < 4.78 is 5.04. The molecule has 0 unspecified atom stereocenters. The molecule has 0 bridgehead atoms. The summed E-state index contributed by atoms with van der Waals surface area (Å²) in [6, 6.07) is 8.27. The maximum Gasteiger partial charge on any atom is 0.410 e. The Bertz CT molecular complexity index is 588. The van der Waals surface area contributed by atoms with E-state index >= 15 is 0 Å². The third-order valence-corrected chi connectivity index (χ3v) is 3.41. The van der Waals surface area contributed by atoms with Crippen molar-refractivity contribution >= 4 is 17.0 Å². The second kappa shape index (κ2) is 4.37. The van der Waals surface area contributed by atoms with Gasteiger partial charge in [-0.2, -0.15) is 0 Å². The number of nitrogens with zero attached hydrogens (tertiary/aromatic N) is 1. The minimum Gasteiger partial charge on any atom is -0.450 e. The quantitative estimate of drug-likeness (QED) is 0.838. The van der Waals surface area contributed by atoms with Crippen LogP contribution >= 0.6 is 0 Å². The van der Waals surface area contributed by atoms with E-state index < -0.39 is 0 Å². The zero-order valence-corrected chi connectivity index (χ0v) is 10.4. The van der Waals surface area contributed by atoms with E-state index in [4.69, 9.17) is 4.74 Å². The van der Waals surface area contributed by atoms with Crippen LogP contribution in [0.15, 0.2) is 24.3 Å². The largest absolute Gasteiger partial charge is 0.450 e. The fourth-order valence-corrected chi connectivity index (χ4v) is 2.56. The maximum absolute atomic E-state index is 11.7. The Hall–Kier alpha value is -1.97. The van der Waals surface area contributed by atoms with Crippen LogP contribution in [0.3, 0.4) is 0 Å². The Morgan fingerprint density at radius 2 is 2.28 bits per heavy atom. The smallest absolute Gasteiger partial charge is 0.410 e. The third kappa shape index (κ3) is 1.74. The molecule has 4 nitrogen and oxygen atoms in total. The van der Waals surface area contributed by atoms with Gasteiger partial charge in [-0.15, -0.1) is 0 Å². The molecule has 1 aliphatic rings. The minimum atomic E-state index is -0.221. The predicted octanol–water partition coefficient (Wildman–Crippen LogP) is 2.68. The molecule has 0 saturated heterocycles. The number of hydrogen-bond acceptors (Lipinski definition) is 2. The summed E-state index contributed by atoms with van der Waals surface area (Å²) >= 11 is 0. The molecular weight excluding hydrogens is 228 g/mol. The highest BCUT2D eigenvalue weighted by atomic mass is 16.6. The Balaban J connectivity index is 1.91. The summed E-state index contributed by atoms with van der Waals surface area (Å²) in [4.78, 5) is 16.9. The summed E-state index contributed by atoms with van der Waals surface area (Å²) in [6.45, 7) is 3.60. The molecule has 2 aromatic rings. The van der Waals surface area contributed by atoms with Crippen LogP contribution in [-0.4, -0.2) is 29.1 Å². The zero-order valence-electron chi connectivity index (χ0n) is 10.4. The van der Waals surface area contributed by atoms with Crippen LogP contribution < -0.4 is 0 Å². The minimum absolute atomic E-state index is 0.221. The molecule has 4 heteroatoms. The van der Waals surface area contributed by atoms with Crippen LogP contribution in [0.5, 0.6) is 0 Å². The van der Waals surface area contributed by atoms with Crippen LogP contribution in [0.25, 0.3) is 10.9 Å². The first-order valence-corrected chi connectivity index (χ1v) is 6.29. The number of nitrogens with one attached hydrogen (secondary N) is 1. The number of fused-ring (bicyclic) bond motifs is 3. The Morgan fingerprint density at radius 1 is 1.44 bits per heavy atom. The molecule has 2 heterocycles. The second-order valence-corrected chi connectivity index (χ2v) is 4.50. The zero-order chi connectivity index (χ0) is 12.5. The molecule has 0 atom stereocenters. The first-order chi connectivity index (χ1) is 8.79. The van der Waals surface area contributed by atoms with Crippen molar-refractivity contribution in [2.75, 3.05) is 13.2 Å². The number of H-pyrrole nitrogens is 1. The van der Waals surface area contributed by atoms with E-state index in [1.807, 2.05) is 19.1 Å². The van der Waals surface area contributed by atoms with Crippen molar-refractivity contribution in [1.82, 2.24) is 9.88 Å². The molecular formula is C14H16N2O2. The first-order valence-electron chi connectivity index (χ1n) is 6.29. The molecule has 0 saturated carbocycles. The van der Waals surface area contributed by atoms with Gasteiger partial charge < -0.3 is 14.6 Å². The SMILES string of the molecule is CCOC(=O)N1CCc2c([nH]c3ccccc23)C1. The van der Waals surface area contributed by atoms with E-state index in [1.54, 1.807) is 4.90 Å². The number of amides is 1. The topological polar surface area (TPSA) is 45.3 Å². The standard InChI is InChI=1S/C14H16N2O2/c1-2-18-14(17)16-8-7-11-10-5-3-4-6-12(10)15-13(11)9-16/h3-6,15H,2,7-9H2,1H3. The number of aromatic amines is 1. The predicted molar refractivity (Wildman–Crippen MR) is 69.4 cm³/mol. The highest BCUT2D eigenvalue weighted by Crippen LogP contribution is 2.27. The Labute approximate surface area is 106 Å². The van der Waals surface area contributed by atoms with E-state index in [-0.39, 0.29) is 6.09 Å². The van der Waals surface area contributed by atoms with Gasteiger partial charge in [-0.25, -0.2) is 4.79 Å². The molecule has 0 spiro atoms. The third-order valence-electron chi connectivity index (χ3n) is 3.41. The lowest BCUT2D eigenvalue weighted by molar-refractivity contribution is 0.102. The van der Waals surface area contributed by atoms with Gasteiger partial charge in [0.2, 0.25) is 0 Å². The second-order valence-electron chi connectivity index (χ2n) is 4.50. The van der Waals surface area contributed by atoms with Crippen molar-refractivity contribution in [2.24, 2.45) is 0 Å². The monoisotopic (exact) mass is 244 g/mol. The lowest BCUT2D eigenvalue weighted by Crippen LogP contribution is -2.36. The average molecular weight is 244 g/mol. The molecule has 0 aliphatic carbocycles. The highest BCUT2D eigenvalue weighted by Gasteiger charge is 2.24. The van der Waals surface area contributed by atoms with Crippen molar-refractivity contribution in [3.05, 3.63) is 35.5 Å². The molecule has 1 amide bonds. The van der Waals surface area contributed by atoms with Crippen molar-refractivity contribution in [3.8, 4) is 0 Å². The van der Waals surface area contributed by atoms with E-state index in [0.29, 0.717) is 13.2 Å². The molecule has 1 aromatic carbocycles. The van der Waals surface area contributed by atoms with Crippen molar-refractivity contribution in [1.29, 1.82) is 0 Å². The lowest BCUT2D eigenvalue weighted by Gasteiger charge is -2.26.